The first kappa shape index (κ1) is 17.5. The van der Waals surface area contributed by atoms with Gasteiger partial charge in [-0.2, -0.15) is 0 Å². The van der Waals surface area contributed by atoms with Crippen molar-refractivity contribution in [1.82, 2.24) is 4.98 Å². The summed E-state index contributed by atoms with van der Waals surface area (Å²) in [4.78, 5) is 27.7. The molecule has 0 atom stereocenters. The number of hydrogen-bond donors (Lipinski definition) is 2. The number of hydrogen-bond acceptors (Lipinski definition) is 5. The molecule has 0 aliphatic carbocycles. The Morgan fingerprint density at radius 2 is 1.62 bits per heavy atom. The van der Waals surface area contributed by atoms with Crippen molar-refractivity contribution < 1.29 is 14.3 Å². The number of nitrogens with one attached hydrogen (secondary N) is 2. The van der Waals surface area contributed by atoms with Gasteiger partial charge in [0.05, 0.1) is 24.6 Å². The van der Waals surface area contributed by atoms with Crippen LogP contribution in [0.5, 0.6) is 0 Å². The highest BCUT2D eigenvalue weighted by Gasteiger charge is 2.12. The molecule has 1 heterocycles. The number of amides is 1. The SMILES string of the molecule is COC(=O)c1ccc(NC(=O)c2ccc(NC(C)(C)C)cn2)cc1. The van der Waals surface area contributed by atoms with Gasteiger partial charge in [0.1, 0.15) is 5.69 Å². The van der Waals surface area contributed by atoms with Gasteiger partial charge in [-0.05, 0) is 57.2 Å². The van der Waals surface area contributed by atoms with Crippen molar-refractivity contribution in [2.24, 2.45) is 0 Å². The van der Waals surface area contributed by atoms with Crippen molar-refractivity contribution >= 4 is 23.3 Å². The molecule has 0 bridgehead atoms. The first-order chi connectivity index (χ1) is 11.3. The fraction of sp³-hybridized carbons (Fsp3) is 0.278. The first-order valence-corrected chi connectivity index (χ1v) is 7.52. The van der Waals surface area contributed by atoms with Crippen molar-refractivity contribution in [3.8, 4) is 0 Å². The van der Waals surface area contributed by atoms with E-state index in [2.05, 4.69) is 20.4 Å². The summed E-state index contributed by atoms with van der Waals surface area (Å²) in [6.45, 7) is 6.14. The lowest BCUT2D eigenvalue weighted by Gasteiger charge is -2.21. The monoisotopic (exact) mass is 327 g/mol. The number of ether oxygens (including phenoxy) is 1. The molecule has 0 saturated carbocycles. The second-order valence-corrected chi connectivity index (χ2v) is 6.33. The number of anilines is 2. The van der Waals surface area contributed by atoms with Gasteiger partial charge in [-0.1, -0.05) is 0 Å². The fourth-order valence-electron chi connectivity index (χ4n) is 2.04. The zero-order valence-electron chi connectivity index (χ0n) is 14.2. The van der Waals surface area contributed by atoms with Crippen LogP contribution < -0.4 is 10.6 Å². The van der Waals surface area contributed by atoms with Gasteiger partial charge in [-0.3, -0.25) is 4.79 Å². The maximum Gasteiger partial charge on any atom is 0.337 e. The predicted molar refractivity (Wildman–Crippen MR) is 93.3 cm³/mol. The summed E-state index contributed by atoms with van der Waals surface area (Å²) in [5, 5.41) is 6.02. The van der Waals surface area contributed by atoms with E-state index in [-0.39, 0.29) is 11.4 Å². The van der Waals surface area contributed by atoms with E-state index in [4.69, 9.17) is 0 Å². The Morgan fingerprint density at radius 3 is 2.12 bits per heavy atom. The lowest BCUT2D eigenvalue weighted by molar-refractivity contribution is 0.0600. The van der Waals surface area contributed by atoms with Gasteiger partial charge >= 0.3 is 5.97 Å². The zero-order valence-corrected chi connectivity index (χ0v) is 14.2. The molecule has 2 aromatic rings. The molecule has 126 valence electrons. The van der Waals surface area contributed by atoms with Crippen LogP contribution in [-0.2, 0) is 4.74 Å². The van der Waals surface area contributed by atoms with Crippen LogP contribution in [0.2, 0.25) is 0 Å². The van der Waals surface area contributed by atoms with Crippen LogP contribution in [0, 0.1) is 0 Å². The fourth-order valence-corrected chi connectivity index (χ4v) is 2.04. The minimum Gasteiger partial charge on any atom is -0.465 e. The van der Waals surface area contributed by atoms with Crippen LogP contribution in [0.3, 0.4) is 0 Å². The van der Waals surface area contributed by atoms with Crippen LogP contribution in [0.4, 0.5) is 11.4 Å². The molecule has 1 amide bonds. The van der Waals surface area contributed by atoms with Crippen molar-refractivity contribution in [3.05, 3.63) is 53.9 Å². The Bertz CT molecular complexity index is 717. The van der Waals surface area contributed by atoms with E-state index < -0.39 is 5.97 Å². The second-order valence-electron chi connectivity index (χ2n) is 6.33. The molecule has 0 radical (unpaired) electrons. The summed E-state index contributed by atoms with van der Waals surface area (Å²) in [6.07, 6.45) is 1.63. The molecule has 24 heavy (non-hydrogen) atoms. The summed E-state index contributed by atoms with van der Waals surface area (Å²) in [5.74, 6) is -0.736. The van der Waals surface area contributed by atoms with Gasteiger partial charge in [-0.15, -0.1) is 0 Å². The third kappa shape index (κ3) is 4.81. The van der Waals surface area contributed by atoms with E-state index >= 15 is 0 Å². The molecule has 0 fully saturated rings. The number of esters is 1. The number of methoxy groups -OCH3 is 1. The van der Waals surface area contributed by atoms with Crippen LogP contribution in [0.1, 0.15) is 41.6 Å². The molecule has 2 N–H and O–H groups in total. The zero-order chi connectivity index (χ0) is 17.7. The van der Waals surface area contributed by atoms with Crippen LogP contribution in [0.25, 0.3) is 0 Å². The van der Waals surface area contributed by atoms with Crippen LogP contribution >= 0.6 is 0 Å². The standard InChI is InChI=1S/C18H21N3O3/c1-18(2,3)21-14-9-10-15(19-11-14)16(22)20-13-7-5-12(6-8-13)17(23)24-4/h5-11,21H,1-4H3,(H,20,22). The van der Waals surface area contributed by atoms with E-state index in [0.29, 0.717) is 16.9 Å². The van der Waals surface area contributed by atoms with E-state index in [9.17, 15) is 9.59 Å². The van der Waals surface area contributed by atoms with Gasteiger partial charge in [0, 0.05) is 11.2 Å². The average Bonchev–Trinajstić information content (AvgIpc) is 2.54. The van der Waals surface area contributed by atoms with Crippen molar-refractivity contribution in [1.29, 1.82) is 0 Å². The number of nitrogens with zero attached hydrogens (tertiary/aromatic N) is 1. The highest BCUT2D eigenvalue weighted by molar-refractivity contribution is 6.03. The van der Waals surface area contributed by atoms with Crippen molar-refractivity contribution in [2.75, 3.05) is 17.7 Å². The molecule has 0 saturated heterocycles. The van der Waals surface area contributed by atoms with Gasteiger partial charge in [0.15, 0.2) is 0 Å². The Kier molecular flexibility index (Phi) is 5.18. The van der Waals surface area contributed by atoms with Crippen LogP contribution in [-0.4, -0.2) is 29.5 Å². The van der Waals surface area contributed by atoms with Gasteiger partial charge in [-0.25, -0.2) is 9.78 Å². The van der Waals surface area contributed by atoms with Crippen LogP contribution in [0.15, 0.2) is 42.6 Å². The van der Waals surface area contributed by atoms with Gasteiger partial charge in [0.2, 0.25) is 0 Å². The Balaban J connectivity index is 2.03. The van der Waals surface area contributed by atoms with Crippen molar-refractivity contribution in [3.63, 3.8) is 0 Å². The highest BCUT2D eigenvalue weighted by Crippen LogP contribution is 2.15. The molecular formula is C18H21N3O3. The van der Waals surface area contributed by atoms with E-state index in [1.165, 1.54) is 7.11 Å². The number of carbonyl (C=O) groups is 2. The largest absolute Gasteiger partial charge is 0.465 e. The first-order valence-electron chi connectivity index (χ1n) is 7.52. The topological polar surface area (TPSA) is 80.3 Å². The molecule has 0 aliphatic rings. The number of aromatic nitrogens is 1. The minimum atomic E-state index is -0.420. The van der Waals surface area contributed by atoms with Crippen molar-refractivity contribution in [2.45, 2.75) is 26.3 Å². The lowest BCUT2D eigenvalue weighted by Crippen LogP contribution is -2.26. The lowest BCUT2D eigenvalue weighted by atomic mass is 10.1. The second kappa shape index (κ2) is 7.12. The molecule has 1 aromatic carbocycles. The molecule has 2 rings (SSSR count). The average molecular weight is 327 g/mol. The minimum absolute atomic E-state index is 0.0765. The van der Waals surface area contributed by atoms with E-state index in [1.54, 1.807) is 36.5 Å². The highest BCUT2D eigenvalue weighted by atomic mass is 16.5. The summed E-state index contributed by atoms with van der Waals surface area (Å²) in [6, 6.07) is 9.93. The molecule has 6 nitrogen and oxygen atoms in total. The maximum absolute atomic E-state index is 12.2. The summed E-state index contributed by atoms with van der Waals surface area (Å²) >= 11 is 0. The summed E-state index contributed by atoms with van der Waals surface area (Å²) in [5.41, 5.74) is 2.08. The number of carbonyl (C=O) groups excluding carboxylic acids is 2. The van der Waals surface area contributed by atoms with Gasteiger partial charge < -0.3 is 15.4 Å². The number of rotatable bonds is 4. The van der Waals surface area contributed by atoms with E-state index in [0.717, 1.165) is 5.69 Å². The smallest absolute Gasteiger partial charge is 0.337 e. The normalized spacial score (nSPS) is 10.8. The maximum atomic E-state index is 12.2. The Morgan fingerprint density at radius 1 is 1.00 bits per heavy atom. The third-order valence-electron chi connectivity index (χ3n) is 3.08. The molecular weight excluding hydrogens is 306 g/mol. The molecule has 0 unspecified atom stereocenters. The third-order valence-corrected chi connectivity index (χ3v) is 3.08. The summed E-state index contributed by atoms with van der Waals surface area (Å²) in [7, 11) is 1.32. The van der Waals surface area contributed by atoms with Gasteiger partial charge in [0.25, 0.3) is 5.91 Å². The Hall–Kier alpha value is -2.89. The number of benzene rings is 1. The predicted octanol–water partition coefficient (Wildman–Crippen LogP) is 3.33. The number of pyridine rings is 1. The molecule has 6 heteroatoms. The summed E-state index contributed by atoms with van der Waals surface area (Å²) < 4.78 is 4.63. The molecule has 0 spiro atoms. The molecule has 0 aliphatic heterocycles. The Labute approximate surface area is 141 Å². The van der Waals surface area contributed by atoms with E-state index in [1.807, 2.05) is 26.8 Å². The quantitative estimate of drug-likeness (QED) is 0.842. The molecule has 1 aromatic heterocycles.